The number of hydrogen-bond donors (Lipinski definition) is 2. The lowest BCUT2D eigenvalue weighted by molar-refractivity contribution is -0.393. The van der Waals surface area contributed by atoms with Gasteiger partial charge in [-0.2, -0.15) is 0 Å². The van der Waals surface area contributed by atoms with Crippen LogP contribution in [0.15, 0.2) is 36.4 Å². The second-order valence-electron chi connectivity index (χ2n) is 6.98. The van der Waals surface area contributed by atoms with Crippen molar-refractivity contribution in [1.29, 1.82) is 0 Å². The summed E-state index contributed by atoms with van der Waals surface area (Å²) < 4.78 is 52.9. The summed E-state index contributed by atoms with van der Waals surface area (Å²) in [4.78, 5) is 40.0. The Morgan fingerprint density at radius 2 is 0.917 bits per heavy atom. The Balaban J connectivity index is 2.02. The van der Waals surface area contributed by atoms with Gasteiger partial charge in [0, 0.05) is 12.1 Å². The molecule has 18 nitrogen and oxygen atoms in total. The number of rotatable bonds is 13. The molecule has 0 atom stereocenters. The van der Waals surface area contributed by atoms with E-state index in [-0.39, 0.29) is 12.8 Å². The highest BCUT2D eigenvalue weighted by Gasteiger charge is 2.25. The van der Waals surface area contributed by atoms with E-state index in [4.69, 9.17) is 0 Å². The molecule has 0 aliphatic rings. The van der Waals surface area contributed by atoms with Crippen LogP contribution in [0.5, 0.6) is 0 Å². The molecule has 0 aromatic heterocycles. The molecule has 0 spiro atoms. The molecular formula is C16H16N6O12S2. The van der Waals surface area contributed by atoms with Gasteiger partial charge in [0.2, 0.25) is 20.0 Å². The van der Waals surface area contributed by atoms with Crippen LogP contribution in [0.1, 0.15) is 12.8 Å². The second kappa shape index (κ2) is 10.9. The lowest BCUT2D eigenvalue weighted by atomic mass is 10.2. The van der Waals surface area contributed by atoms with Crippen LogP contribution in [0.4, 0.5) is 34.1 Å². The number of anilines is 2. The van der Waals surface area contributed by atoms with E-state index in [2.05, 4.69) is 0 Å². The zero-order valence-electron chi connectivity index (χ0n) is 17.8. The Morgan fingerprint density at radius 1 is 0.583 bits per heavy atom. The normalized spacial score (nSPS) is 11.4. The zero-order valence-corrected chi connectivity index (χ0v) is 19.4. The Morgan fingerprint density at radius 3 is 1.19 bits per heavy atom. The summed E-state index contributed by atoms with van der Waals surface area (Å²) in [6.07, 6.45) is -0.501. The maximum absolute atomic E-state index is 12.3. The van der Waals surface area contributed by atoms with Gasteiger partial charge in [-0.05, 0) is 25.0 Å². The number of nitro groups is 4. The number of sulfonamides is 2. The quantitative estimate of drug-likeness (QED) is 0.207. The Labute approximate surface area is 201 Å². The van der Waals surface area contributed by atoms with Crippen LogP contribution in [-0.4, -0.2) is 48.0 Å². The van der Waals surface area contributed by atoms with Gasteiger partial charge in [-0.3, -0.25) is 49.9 Å². The SMILES string of the molecule is O=[N+]([O-])c1ccc(NS(=O)(=O)CCCCS(=O)(=O)Nc2ccc([N+](=O)[O-])cc2[N+](=O)[O-])c([N+](=O)[O-])c1. The Bertz CT molecular complexity index is 1330. The van der Waals surface area contributed by atoms with E-state index in [1.165, 1.54) is 0 Å². The maximum Gasteiger partial charge on any atom is 0.300 e. The van der Waals surface area contributed by atoms with Crippen molar-refractivity contribution in [3.05, 3.63) is 76.9 Å². The lowest BCUT2D eigenvalue weighted by Gasteiger charge is -2.10. The molecule has 0 radical (unpaired) electrons. The molecule has 0 saturated carbocycles. The number of nitrogens with zero attached hydrogens (tertiary/aromatic N) is 4. The molecule has 2 N–H and O–H groups in total. The Hall–Kier alpha value is -4.46. The largest absolute Gasteiger partial charge is 0.300 e. The summed E-state index contributed by atoms with van der Waals surface area (Å²) in [5, 5.41) is 43.8. The minimum absolute atomic E-state index is 0.251. The first-order valence-electron chi connectivity index (χ1n) is 9.48. The van der Waals surface area contributed by atoms with Crippen LogP contribution >= 0.6 is 0 Å². The lowest BCUT2D eigenvalue weighted by Crippen LogP contribution is -2.20. The van der Waals surface area contributed by atoms with E-state index in [0.29, 0.717) is 12.1 Å². The number of nitro benzene ring substituents is 4. The first kappa shape index (κ1) is 27.8. The summed E-state index contributed by atoms with van der Waals surface area (Å²) in [5.41, 5.74) is -4.02. The molecule has 0 aliphatic heterocycles. The highest BCUT2D eigenvalue weighted by molar-refractivity contribution is 7.93. The number of benzene rings is 2. The van der Waals surface area contributed by atoms with Crippen LogP contribution in [0.2, 0.25) is 0 Å². The minimum Gasteiger partial charge on any atom is -0.277 e. The van der Waals surface area contributed by atoms with Gasteiger partial charge in [-0.15, -0.1) is 0 Å². The number of non-ortho nitro benzene ring substituents is 2. The molecule has 0 saturated heterocycles. The van der Waals surface area contributed by atoms with Gasteiger partial charge in [-0.1, -0.05) is 0 Å². The van der Waals surface area contributed by atoms with E-state index in [1.54, 1.807) is 0 Å². The standard InChI is InChI=1S/C16H16N6O12S2/c23-19(24)11-3-5-13(15(9-11)21(27)28)17-35(31,32)7-1-2-8-36(33,34)18-14-6-4-12(20(25)26)10-16(14)22(29)30/h3-6,9-10,17-18H,1-2,7-8H2. The fourth-order valence-corrected chi connectivity index (χ4v) is 5.15. The summed E-state index contributed by atoms with van der Waals surface area (Å²) in [6, 6.07) is 4.57. The summed E-state index contributed by atoms with van der Waals surface area (Å²) in [5.74, 6) is -1.34. The zero-order chi connectivity index (χ0) is 27.3. The molecule has 0 heterocycles. The molecule has 0 bridgehead atoms. The van der Waals surface area contributed by atoms with E-state index in [9.17, 15) is 57.3 Å². The summed E-state index contributed by atoms with van der Waals surface area (Å²) >= 11 is 0. The molecule has 0 fully saturated rings. The predicted molar refractivity (Wildman–Crippen MR) is 124 cm³/mol. The van der Waals surface area contributed by atoms with Crippen molar-refractivity contribution in [3.63, 3.8) is 0 Å². The molecule has 0 unspecified atom stereocenters. The smallest absolute Gasteiger partial charge is 0.277 e. The first-order chi connectivity index (χ1) is 16.6. The number of unbranched alkanes of at least 4 members (excludes halogenated alkanes) is 1. The average Bonchev–Trinajstić information content (AvgIpc) is 2.76. The molecule has 20 heteroatoms. The average molecular weight is 548 g/mol. The van der Waals surface area contributed by atoms with Gasteiger partial charge in [-0.25, -0.2) is 16.8 Å². The van der Waals surface area contributed by atoms with Crippen molar-refractivity contribution in [2.45, 2.75) is 12.8 Å². The van der Waals surface area contributed by atoms with E-state index in [0.717, 1.165) is 24.3 Å². The topological polar surface area (TPSA) is 265 Å². The van der Waals surface area contributed by atoms with Crippen molar-refractivity contribution < 1.29 is 36.5 Å². The molecule has 2 aromatic carbocycles. The van der Waals surface area contributed by atoms with Crippen LogP contribution < -0.4 is 9.44 Å². The molecule has 36 heavy (non-hydrogen) atoms. The summed E-state index contributed by atoms with van der Waals surface area (Å²) in [6.45, 7) is 0. The van der Waals surface area contributed by atoms with Crippen molar-refractivity contribution in [1.82, 2.24) is 0 Å². The van der Waals surface area contributed by atoms with Gasteiger partial charge < -0.3 is 0 Å². The summed E-state index contributed by atoms with van der Waals surface area (Å²) in [7, 11) is -8.45. The van der Waals surface area contributed by atoms with Crippen molar-refractivity contribution in [3.8, 4) is 0 Å². The third kappa shape index (κ3) is 7.53. The van der Waals surface area contributed by atoms with Gasteiger partial charge in [0.25, 0.3) is 22.7 Å². The van der Waals surface area contributed by atoms with Crippen LogP contribution in [-0.2, 0) is 20.0 Å². The van der Waals surface area contributed by atoms with Crippen LogP contribution in [0, 0.1) is 40.5 Å². The predicted octanol–water partition coefficient (Wildman–Crippen LogP) is 2.28. The van der Waals surface area contributed by atoms with Crippen molar-refractivity contribution in [2.24, 2.45) is 0 Å². The highest BCUT2D eigenvalue weighted by atomic mass is 32.2. The van der Waals surface area contributed by atoms with E-state index >= 15 is 0 Å². The molecule has 2 rings (SSSR count). The van der Waals surface area contributed by atoms with Gasteiger partial charge in [0.1, 0.15) is 11.4 Å². The fourth-order valence-electron chi connectivity index (χ4n) is 2.76. The number of hydrogen-bond acceptors (Lipinski definition) is 12. The molecule has 2 aromatic rings. The monoisotopic (exact) mass is 548 g/mol. The van der Waals surface area contributed by atoms with Crippen LogP contribution in [0.25, 0.3) is 0 Å². The molecule has 0 amide bonds. The van der Waals surface area contributed by atoms with Gasteiger partial charge >= 0.3 is 0 Å². The minimum atomic E-state index is -4.22. The Kier molecular flexibility index (Phi) is 8.38. The number of nitrogens with one attached hydrogen (secondary N) is 2. The fraction of sp³-hybridized carbons (Fsp3) is 0.250. The third-order valence-electron chi connectivity index (χ3n) is 4.38. The van der Waals surface area contributed by atoms with Crippen LogP contribution in [0.3, 0.4) is 0 Å². The van der Waals surface area contributed by atoms with Crippen molar-refractivity contribution >= 4 is 54.2 Å². The van der Waals surface area contributed by atoms with E-state index in [1.807, 2.05) is 9.44 Å². The molecule has 0 aliphatic carbocycles. The maximum atomic E-state index is 12.3. The second-order valence-corrected chi connectivity index (χ2v) is 10.7. The first-order valence-corrected chi connectivity index (χ1v) is 12.8. The molecular weight excluding hydrogens is 532 g/mol. The highest BCUT2D eigenvalue weighted by Crippen LogP contribution is 2.31. The van der Waals surface area contributed by atoms with E-state index < -0.39 is 85.4 Å². The van der Waals surface area contributed by atoms with Crippen molar-refractivity contribution in [2.75, 3.05) is 20.9 Å². The third-order valence-corrected chi connectivity index (χ3v) is 7.10. The van der Waals surface area contributed by atoms with Gasteiger partial charge in [0.15, 0.2) is 0 Å². The van der Waals surface area contributed by atoms with Gasteiger partial charge in [0.05, 0.1) is 43.3 Å². The molecule has 194 valence electrons.